The summed E-state index contributed by atoms with van der Waals surface area (Å²) in [5, 5.41) is 0. The van der Waals surface area contributed by atoms with E-state index in [1.54, 1.807) is 0 Å². The SMILES string of the molecule is CC1=[O+][C@H]2OC(C)[C@H](C)[C@H](C)C2O1. The summed E-state index contributed by atoms with van der Waals surface area (Å²) in [6.45, 7) is 8.32. The van der Waals surface area contributed by atoms with Crippen LogP contribution in [0.3, 0.4) is 0 Å². The summed E-state index contributed by atoms with van der Waals surface area (Å²) in [4.78, 5) is 0. The van der Waals surface area contributed by atoms with Gasteiger partial charge in [0.25, 0.3) is 6.10 Å². The van der Waals surface area contributed by atoms with Crippen molar-refractivity contribution in [2.75, 3.05) is 0 Å². The molecule has 2 unspecified atom stereocenters. The highest BCUT2D eigenvalue weighted by atomic mass is 16.7. The molecule has 2 aliphatic heterocycles. The molecule has 0 aliphatic carbocycles. The first-order valence-electron chi connectivity index (χ1n) is 4.92. The molecule has 0 amide bonds. The molecule has 2 heterocycles. The number of fused-ring (bicyclic) bond motifs is 1. The summed E-state index contributed by atoms with van der Waals surface area (Å²) in [6, 6.07) is 0. The first-order chi connectivity index (χ1) is 6.09. The fraction of sp³-hybridized carbons (Fsp3) is 0.900. The van der Waals surface area contributed by atoms with Gasteiger partial charge in [0.2, 0.25) is 0 Å². The predicted molar refractivity (Wildman–Crippen MR) is 48.2 cm³/mol. The number of ether oxygens (including phenoxy) is 2. The first-order valence-corrected chi connectivity index (χ1v) is 4.92. The van der Waals surface area contributed by atoms with Gasteiger partial charge in [0.15, 0.2) is 0 Å². The molecule has 0 N–H and O–H groups in total. The molecule has 0 spiro atoms. The van der Waals surface area contributed by atoms with Crippen molar-refractivity contribution in [2.24, 2.45) is 11.8 Å². The smallest absolute Gasteiger partial charge is 0.312 e. The summed E-state index contributed by atoms with van der Waals surface area (Å²) < 4.78 is 16.7. The van der Waals surface area contributed by atoms with Crippen LogP contribution in [-0.4, -0.2) is 24.5 Å². The third-order valence-electron chi connectivity index (χ3n) is 3.29. The molecule has 2 aliphatic rings. The second-order valence-electron chi connectivity index (χ2n) is 4.12. The molecule has 5 atom stereocenters. The largest absolute Gasteiger partial charge is 0.484 e. The summed E-state index contributed by atoms with van der Waals surface area (Å²) >= 11 is 0. The van der Waals surface area contributed by atoms with Gasteiger partial charge in [-0.05, 0) is 12.8 Å². The van der Waals surface area contributed by atoms with Crippen LogP contribution in [0, 0.1) is 11.8 Å². The fourth-order valence-electron chi connectivity index (χ4n) is 2.03. The molecule has 74 valence electrons. The number of rotatable bonds is 0. The van der Waals surface area contributed by atoms with E-state index in [1.807, 2.05) is 6.92 Å². The minimum atomic E-state index is -0.179. The second kappa shape index (κ2) is 2.98. The van der Waals surface area contributed by atoms with E-state index in [-0.39, 0.29) is 18.5 Å². The van der Waals surface area contributed by atoms with E-state index in [4.69, 9.17) is 13.9 Å². The van der Waals surface area contributed by atoms with Gasteiger partial charge in [-0.3, -0.25) is 4.42 Å². The number of hydrogen-bond donors (Lipinski definition) is 0. The lowest BCUT2D eigenvalue weighted by molar-refractivity contribution is -0.568. The van der Waals surface area contributed by atoms with Crippen LogP contribution in [-0.2, 0) is 13.9 Å². The van der Waals surface area contributed by atoms with Crippen LogP contribution in [0.4, 0.5) is 0 Å². The van der Waals surface area contributed by atoms with Crippen LogP contribution in [0.5, 0.6) is 0 Å². The van der Waals surface area contributed by atoms with Gasteiger partial charge in [-0.2, -0.15) is 0 Å². The van der Waals surface area contributed by atoms with Gasteiger partial charge in [-0.15, -0.1) is 0 Å². The molecule has 3 nitrogen and oxygen atoms in total. The van der Waals surface area contributed by atoms with Crippen LogP contribution >= 0.6 is 0 Å². The van der Waals surface area contributed by atoms with E-state index in [0.29, 0.717) is 17.8 Å². The quantitative estimate of drug-likeness (QED) is 0.422. The maximum atomic E-state index is 5.70. The first kappa shape index (κ1) is 9.00. The zero-order valence-electron chi connectivity index (χ0n) is 8.61. The summed E-state index contributed by atoms with van der Waals surface area (Å²) in [5.41, 5.74) is 0. The van der Waals surface area contributed by atoms with Crippen molar-refractivity contribution in [3.63, 3.8) is 0 Å². The van der Waals surface area contributed by atoms with Crippen LogP contribution < -0.4 is 0 Å². The molecule has 1 fully saturated rings. The number of hydrogen-bond acceptors (Lipinski definition) is 2. The minimum absolute atomic E-state index is 0.0891. The Kier molecular flexibility index (Phi) is 2.06. The van der Waals surface area contributed by atoms with Crippen molar-refractivity contribution in [1.82, 2.24) is 0 Å². The molecule has 0 saturated carbocycles. The van der Waals surface area contributed by atoms with Gasteiger partial charge in [0, 0.05) is 5.92 Å². The molecule has 0 radical (unpaired) electrons. The lowest BCUT2D eigenvalue weighted by Gasteiger charge is -2.33. The van der Waals surface area contributed by atoms with Crippen LogP contribution in [0.25, 0.3) is 0 Å². The van der Waals surface area contributed by atoms with E-state index in [2.05, 4.69) is 20.8 Å². The Labute approximate surface area is 78.7 Å². The Bertz CT molecular complexity index is 236. The van der Waals surface area contributed by atoms with Crippen molar-refractivity contribution in [1.29, 1.82) is 0 Å². The van der Waals surface area contributed by atoms with Crippen LogP contribution in [0.1, 0.15) is 27.7 Å². The van der Waals surface area contributed by atoms with Gasteiger partial charge in [0.05, 0.1) is 13.0 Å². The molecule has 0 aromatic rings. The molecule has 1 saturated heterocycles. The third-order valence-corrected chi connectivity index (χ3v) is 3.29. The average Bonchev–Trinajstić information content (AvgIpc) is 2.42. The molecule has 0 bridgehead atoms. The number of carbonyl (C=O) groups excluding carboxylic acids is 1. The molecule has 0 aromatic carbocycles. The van der Waals surface area contributed by atoms with Crippen LogP contribution in [0.15, 0.2) is 0 Å². The highest BCUT2D eigenvalue weighted by Gasteiger charge is 2.53. The van der Waals surface area contributed by atoms with Crippen molar-refractivity contribution in [3.8, 4) is 0 Å². The van der Waals surface area contributed by atoms with E-state index >= 15 is 0 Å². The summed E-state index contributed by atoms with van der Waals surface area (Å²) in [7, 11) is 0. The van der Waals surface area contributed by atoms with Crippen molar-refractivity contribution in [2.45, 2.75) is 46.2 Å². The molecular formula is C10H17O3+. The fourth-order valence-corrected chi connectivity index (χ4v) is 2.03. The standard InChI is InChI=1S/C10H17O3/c1-5-6(2)9-10(11-7(5)3)13-8(4)12-9/h5-7,9-10H,1-4H3/q+1/t5-,6+,7?,9?,10-/m1/s1. The lowest BCUT2D eigenvalue weighted by Crippen LogP contribution is -2.46. The van der Waals surface area contributed by atoms with E-state index in [9.17, 15) is 0 Å². The van der Waals surface area contributed by atoms with Gasteiger partial charge < -0.3 is 9.47 Å². The molecule has 13 heavy (non-hydrogen) atoms. The zero-order valence-corrected chi connectivity index (χ0v) is 8.61. The Hall–Kier alpha value is -0.570. The van der Waals surface area contributed by atoms with Crippen molar-refractivity contribution < 1.29 is 13.9 Å². The highest BCUT2D eigenvalue weighted by Crippen LogP contribution is 2.34. The normalized spacial score (nSPS) is 49.5. The monoisotopic (exact) mass is 185 g/mol. The maximum Gasteiger partial charge on any atom is 0.484 e. The molecular weight excluding hydrogens is 168 g/mol. The maximum absolute atomic E-state index is 5.70. The van der Waals surface area contributed by atoms with E-state index in [1.165, 1.54) is 0 Å². The molecule has 3 heteroatoms. The minimum Gasteiger partial charge on any atom is -0.312 e. The zero-order chi connectivity index (χ0) is 9.59. The van der Waals surface area contributed by atoms with Crippen molar-refractivity contribution >= 4 is 5.97 Å². The average molecular weight is 185 g/mol. The highest BCUT2D eigenvalue weighted by molar-refractivity contribution is 5.67. The molecule has 2 rings (SSSR count). The summed E-state index contributed by atoms with van der Waals surface area (Å²) in [5.74, 6) is 1.66. The van der Waals surface area contributed by atoms with Gasteiger partial charge in [-0.1, -0.05) is 13.8 Å². The van der Waals surface area contributed by atoms with Gasteiger partial charge >= 0.3 is 12.3 Å². The van der Waals surface area contributed by atoms with Gasteiger partial charge in [-0.25, -0.2) is 0 Å². The Morgan fingerprint density at radius 2 is 1.85 bits per heavy atom. The van der Waals surface area contributed by atoms with Gasteiger partial charge in [0.1, 0.15) is 0 Å². The van der Waals surface area contributed by atoms with Crippen molar-refractivity contribution in [3.05, 3.63) is 0 Å². The topological polar surface area (TPSA) is 29.8 Å². The van der Waals surface area contributed by atoms with E-state index in [0.717, 1.165) is 0 Å². The third kappa shape index (κ3) is 1.35. The predicted octanol–water partition coefficient (Wildman–Crippen LogP) is 1.48. The van der Waals surface area contributed by atoms with Crippen LogP contribution in [0.2, 0.25) is 0 Å². The second-order valence-corrected chi connectivity index (χ2v) is 4.12. The summed E-state index contributed by atoms with van der Waals surface area (Å²) in [6.07, 6.45) is 0.165. The Balaban J connectivity index is 2.16. The molecule has 0 aromatic heterocycles. The Morgan fingerprint density at radius 1 is 1.15 bits per heavy atom. The van der Waals surface area contributed by atoms with E-state index < -0.39 is 0 Å². The Morgan fingerprint density at radius 3 is 2.54 bits per heavy atom. The lowest BCUT2D eigenvalue weighted by atomic mass is 9.84. The number of esters is 1.